The highest BCUT2D eigenvalue weighted by Crippen LogP contribution is 2.22. The Labute approximate surface area is 172 Å². The zero-order valence-corrected chi connectivity index (χ0v) is 17.5. The van der Waals surface area contributed by atoms with Gasteiger partial charge in [-0.15, -0.1) is 0 Å². The van der Waals surface area contributed by atoms with Crippen molar-refractivity contribution in [3.63, 3.8) is 0 Å². The van der Waals surface area contributed by atoms with E-state index in [1.54, 1.807) is 11.8 Å². The van der Waals surface area contributed by atoms with E-state index in [9.17, 15) is 19.2 Å². The van der Waals surface area contributed by atoms with E-state index < -0.39 is 6.04 Å². The number of hydrogen-bond donors (Lipinski definition) is 1. The Morgan fingerprint density at radius 2 is 1.79 bits per heavy atom. The molecule has 0 aromatic heterocycles. The lowest BCUT2D eigenvalue weighted by molar-refractivity contribution is -0.137. The van der Waals surface area contributed by atoms with Crippen LogP contribution in [0.3, 0.4) is 0 Å². The summed E-state index contributed by atoms with van der Waals surface area (Å²) in [5.41, 5.74) is 2.40. The number of aryl methyl sites for hydroxylation is 1. The van der Waals surface area contributed by atoms with Gasteiger partial charge in [-0.2, -0.15) is 0 Å². The van der Waals surface area contributed by atoms with Crippen molar-refractivity contribution in [3.05, 3.63) is 35.4 Å². The molecule has 1 N–H and O–H groups in total. The van der Waals surface area contributed by atoms with Crippen molar-refractivity contribution in [3.8, 4) is 0 Å². The first-order chi connectivity index (χ1) is 13.9. The Bertz CT molecular complexity index is 741. The zero-order valence-electron chi connectivity index (χ0n) is 17.5. The molecular formula is C22H31N3O4. The molecule has 1 unspecified atom stereocenters. The number of piperidine rings is 1. The van der Waals surface area contributed by atoms with Gasteiger partial charge < -0.3 is 15.1 Å². The maximum Gasteiger partial charge on any atom is 0.225 e. The molecule has 1 aromatic carbocycles. The van der Waals surface area contributed by atoms with Crippen molar-refractivity contribution in [2.24, 2.45) is 0 Å². The molecule has 0 bridgehead atoms. The smallest absolute Gasteiger partial charge is 0.225 e. The van der Waals surface area contributed by atoms with Gasteiger partial charge in [0.25, 0.3) is 0 Å². The van der Waals surface area contributed by atoms with Gasteiger partial charge in [-0.25, -0.2) is 0 Å². The Morgan fingerprint density at radius 1 is 1.17 bits per heavy atom. The molecule has 1 heterocycles. The third-order valence-corrected chi connectivity index (χ3v) is 5.64. The van der Waals surface area contributed by atoms with Gasteiger partial charge in [-0.05, 0) is 37.3 Å². The normalized spacial score (nSPS) is 15.5. The lowest BCUT2D eigenvalue weighted by Gasteiger charge is -2.38. The summed E-state index contributed by atoms with van der Waals surface area (Å²) in [6.45, 7) is 6.71. The minimum absolute atomic E-state index is 0.0287. The molecule has 1 aliphatic heterocycles. The van der Waals surface area contributed by atoms with Gasteiger partial charge >= 0.3 is 0 Å². The fourth-order valence-electron chi connectivity index (χ4n) is 3.87. The first kappa shape index (κ1) is 22.6. The molecule has 7 heteroatoms. The van der Waals surface area contributed by atoms with Gasteiger partial charge in [0.15, 0.2) is 5.78 Å². The van der Waals surface area contributed by atoms with Crippen molar-refractivity contribution in [1.29, 1.82) is 0 Å². The maximum atomic E-state index is 12.5. The topological polar surface area (TPSA) is 86.8 Å². The number of carbonyl (C=O) groups excluding carboxylic acids is 4. The van der Waals surface area contributed by atoms with Crippen LogP contribution in [-0.4, -0.2) is 59.0 Å². The average molecular weight is 402 g/mol. The summed E-state index contributed by atoms with van der Waals surface area (Å²) in [4.78, 5) is 50.6. The van der Waals surface area contributed by atoms with E-state index in [1.807, 2.05) is 17.0 Å². The maximum absolute atomic E-state index is 12.5. The third kappa shape index (κ3) is 6.14. The third-order valence-electron chi connectivity index (χ3n) is 5.64. The first-order valence-electron chi connectivity index (χ1n) is 10.2. The second-order valence-electron chi connectivity index (χ2n) is 7.53. The van der Waals surface area contributed by atoms with Crippen molar-refractivity contribution in [2.45, 2.75) is 65.1 Å². The number of carbonyl (C=O) groups is 4. The monoisotopic (exact) mass is 401 g/mol. The predicted molar refractivity (Wildman–Crippen MR) is 110 cm³/mol. The number of nitrogens with zero attached hydrogens (tertiary/aromatic N) is 2. The molecule has 1 aromatic rings. The predicted octanol–water partition coefficient (Wildman–Crippen LogP) is 1.68. The molecular weight excluding hydrogens is 370 g/mol. The van der Waals surface area contributed by atoms with E-state index in [0.29, 0.717) is 38.9 Å². The number of amides is 3. The summed E-state index contributed by atoms with van der Waals surface area (Å²) in [7, 11) is 0. The van der Waals surface area contributed by atoms with E-state index in [0.717, 1.165) is 12.0 Å². The van der Waals surface area contributed by atoms with E-state index in [1.165, 1.54) is 12.5 Å². The molecule has 158 valence electrons. The molecule has 1 saturated heterocycles. The Hall–Kier alpha value is -2.70. The Kier molecular flexibility index (Phi) is 8.36. The number of nitrogens with one attached hydrogen (secondary N) is 1. The van der Waals surface area contributed by atoms with Crippen LogP contribution in [0.15, 0.2) is 24.3 Å². The van der Waals surface area contributed by atoms with Crippen LogP contribution in [0.5, 0.6) is 0 Å². The molecule has 1 fully saturated rings. The van der Waals surface area contributed by atoms with Crippen molar-refractivity contribution in [2.75, 3.05) is 13.1 Å². The van der Waals surface area contributed by atoms with E-state index in [4.69, 9.17) is 0 Å². The minimum Gasteiger partial charge on any atom is -0.348 e. The fraction of sp³-hybridized carbons (Fsp3) is 0.545. The van der Waals surface area contributed by atoms with E-state index in [2.05, 4.69) is 24.4 Å². The largest absolute Gasteiger partial charge is 0.348 e. The van der Waals surface area contributed by atoms with Gasteiger partial charge in [0, 0.05) is 32.6 Å². The second-order valence-corrected chi connectivity index (χ2v) is 7.53. The van der Waals surface area contributed by atoms with Crippen LogP contribution in [0.2, 0.25) is 0 Å². The summed E-state index contributed by atoms with van der Waals surface area (Å²) in [5.74, 6) is -0.353. The van der Waals surface area contributed by atoms with Gasteiger partial charge in [-0.3, -0.25) is 19.2 Å². The molecule has 29 heavy (non-hydrogen) atoms. The van der Waals surface area contributed by atoms with E-state index in [-0.39, 0.29) is 30.1 Å². The molecule has 0 aliphatic carbocycles. The van der Waals surface area contributed by atoms with E-state index >= 15 is 0 Å². The van der Waals surface area contributed by atoms with Crippen molar-refractivity contribution < 1.29 is 19.2 Å². The summed E-state index contributed by atoms with van der Waals surface area (Å²) in [5, 5.41) is 2.40. The standard InChI is InChI=1S/C22H31N3O4/c1-4-18-7-5-6-8-19(18)14-25(17(3)28)20-9-11-24(12-10-20)22(29)13-21(16(2)27)23-15-26/h5-8,15,20-21H,4,9-14H2,1-3H3,(H,23,26). The summed E-state index contributed by atoms with van der Waals surface area (Å²) in [6.07, 6.45) is 2.74. The molecule has 0 radical (unpaired) electrons. The second kappa shape index (κ2) is 10.7. The van der Waals surface area contributed by atoms with Gasteiger partial charge in [0.1, 0.15) is 0 Å². The van der Waals surface area contributed by atoms with Crippen LogP contribution < -0.4 is 5.32 Å². The number of benzene rings is 1. The number of likely N-dealkylation sites (tertiary alicyclic amines) is 1. The van der Waals surface area contributed by atoms with Crippen molar-refractivity contribution in [1.82, 2.24) is 15.1 Å². The highest BCUT2D eigenvalue weighted by Gasteiger charge is 2.30. The lowest BCUT2D eigenvalue weighted by Crippen LogP contribution is -2.49. The quantitative estimate of drug-likeness (QED) is 0.638. The molecule has 7 nitrogen and oxygen atoms in total. The van der Waals surface area contributed by atoms with Gasteiger partial charge in [0.2, 0.25) is 18.2 Å². The number of hydrogen-bond acceptors (Lipinski definition) is 4. The van der Waals surface area contributed by atoms with Crippen LogP contribution in [-0.2, 0) is 32.1 Å². The lowest BCUT2D eigenvalue weighted by atomic mass is 9.99. The highest BCUT2D eigenvalue weighted by molar-refractivity contribution is 5.89. The molecule has 0 saturated carbocycles. The number of rotatable bonds is 9. The zero-order chi connectivity index (χ0) is 21.4. The molecule has 1 atom stereocenters. The van der Waals surface area contributed by atoms with Crippen LogP contribution in [0.25, 0.3) is 0 Å². The highest BCUT2D eigenvalue weighted by atomic mass is 16.2. The van der Waals surface area contributed by atoms with Gasteiger partial charge in [-0.1, -0.05) is 31.2 Å². The van der Waals surface area contributed by atoms with Crippen LogP contribution in [0.4, 0.5) is 0 Å². The summed E-state index contributed by atoms with van der Waals surface area (Å²) in [6, 6.07) is 7.46. The molecule has 0 spiro atoms. The fourth-order valence-corrected chi connectivity index (χ4v) is 3.87. The molecule has 1 aliphatic rings. The SMILES string of the molecule is CCc1ccccc1CN(C(C)=O)C1CCN(C(=O)CC(NC=O)C(C)=O)CC1. The first-order valence-corrected chi connectivity index (χ1v) is 10.2. The van der Waals surface area contributed by atoms with Gasteiger partial charge in [0.05, 0.1) is 12.5 Å². The number of Topliss-reactive ketones (excluding diaryl/α,β-unsaturated/α-hetero) is 1. The van der Waals surface area contributed by atoms with Crippen LogP contribution >= 0.6 is 0 Å². The van der Waals surface area contributed by atoms with Crippen LogP contribution in [0, 0.1) is 0 Å². The Balaban J connectivity index is 1.98. The Morgan fingerprint density at radius 3 is 2.31 bits per heavy atom. The summed E-state index contributed by atoms with van der Waals surface area (Å²) < 4.78 is 0. The average Bonchev–Trinajstić information content (AvgIpc) is 2.71. The molecule has 2 rings (SSSR count). The molecule has 3 amide bonds. The summed E-state index contributed by atoms with van der Waals surface area (Å²) >= 11 is 0. The minimum atomic E-state index is -0.781. The van der Waals surface area contributed by atoms with Crippen LogP contribution in [0.1, 0.15) is 51.2 Å². The van der Waals surface area contributed by atoms with Crippen molar-refractivity contribution >= 4 is 24.0 Å². The number of ketones is 1.